The molecule has 1 aliphatic heterocycles. The zero-order chi connectivity index (χ0) is 30.4. The molecule has 2 atom stereocenters. The summed E-state index contributed by atoms with van der Waals surface area (Å²) < 4.78 is 5.37. The molecule has 6 N–H and O–H groups in total. The standard InChI is InChI=1S/C27H37ClN6O7/c1-17(2)24(33-21(35)11-14-41-15-13-34-22(36)9-10-23(34)37)26(39)32-20(4-3-12-30-27(29)40)25(38)31-19-7-5-18(16-28)6-8-19/h5-10,17,20,24H,3-4,11-16H2,1-2H3,(H,31,38)(H,32,39)(H,33,35)(H3,29,30,40)/t20-,24-/m0/s1. The Labute approximate surface area is 243 Å². The van der Waals surface area contributed by atoms with Crippen LogP contribution < -0.4 is 27.0 Å². The first-order valence-corrected chi connectivity index (χ1v) is 13.7. The Balaban J connectivity index is 1.92. The number of hydrogen-bond acceptors (Lipinski definition) is 7. The lowest BCUT2D eigenvalue weighted by atomic mass is 10.0. The Morgan fingerprint density at radius 2 is 1.63 bits per heavy atom. The van der Waals surface area contributed by atoms with Crippen LogP contribution in [0.15, 0.2) is 36.4 Å². The van der Waals surface area contributed by atoms with Crippen molar-refractivity contribution in [3.63, 3.8) is 0 Å². The summed E-state index contributed by atoms with van der Waals surface area (Å²) in [6, 6.07) is 4.33. The van der Waals surface area contributed by atoms with E-state index in [9.17, 15) is 28.8 Å². The average molecular weight is 593 g/mol. The number of amides is 7. The van der Waals surface area contributed by atoms with Crippen LogP contribution in [-0.2, 0) is 34.6 Å². The highest BCUT2D eigenvalue weighted by molar-refractivity contribution is 6.17. The molecule has 7 amide bonds. The number of nitrogens with zero attached hydrogens (tertiary/aromatic N) is 1. The van der Waals surface area contributed by atoms with Gasteiger partial charge in [-0.1, -0.05) is 26.0 Å². The predicted octanol–water partition coefficient (Wildman–Crippen LogP) is 0.770. The summed E-state index contributed by atoms with van der Waals surface area (Å²) >= 11 is 5.82. The molecule has 0 spiro atoms. The van der Waals surface area contributed by atoms with E-state index in [0.29, 0.717) is 18.0 Å². The van der Waals surface area contributed by atoms with Gasteiger partial charge < -0.3 is 31.7 Å². The van der Waals surface area contributed by atoms with Crippen LogP contribution in [0.4, 0.5) is 10.5 Å². The Morgan fingerprint density at radius 1 is 0.976 bits per heavy atom. The van der Waals surface area contributed by atoms with Gasteiger partial charge >= 0.3 is 6.03 Å². The highest BCUT2D eigenvalue weighted by Crippen LogP contribution is 2.13. The number of anilines is 1. The quantitative estimate of drug-likeness (QED) is 0.100. The van der Waals surface area contributed by atoms with Crippen LogP contribution in [0.5, 0.6) is 0 Å². The van der Waals surface area contributed by atoms with Gasteiger partial charge in [-0.15, -0.1) is 11.6 Å². The molecule has 0 aromatic heterocycles. The zero-order valence-corrected chi connectivity index (χ0v) is 23.9. The van der Waals surface area contributed by atoms with Crippen molar-refractivity contribution < 1.29 is 33.5 Å². The number of hydrogen-bond donors (Lipinski definition) is 5. The van der Waals surface area contributed by atoms with E-state index in [0.717, 1.165) is 10.5 Å². The maximum absolute atomic E-state index is 13.2. The van der Waals surface area contributed by atoms with Gasteiger partial charge in [-0.05, 0) is 36.5 Å². The number of ether oxygens (including phenoxy) is 1. The number of alkyl halides is 1. The average Bonchev–Trinajstić information content (AvgIpc) is 3.25. The molecule has 0 radical (unpaired) electrons. The Hall–Kier alpha value is -3.97. The van der Waals surface area contributed by atoms with Crippen molar-refractivity contribution in [2.45, 2.75) is 51.1 Å². The highest BCUT2D eigenvalue weighted by atomic mass is 35.5. The first-order chi connectivity index (χ1) is 19.5. The van der Waals surface area contributed by atoms with E-state index in [-0.39, 0.29) is 45.1 Å². The smallest absolute Gasteiger partial charge is 0.312 e. The molecule has 14 heteroatoms. The summed E-state index contributed by atoms with van der Waals surface area (Å²) in [5.41, 5.74) is 6.49. The maximum atomic E-state index is 13.2. The lowest BCUT2D eigenvalue weighted by Crippen LogP contribution is -2.54. The molecule has 0 saturated heterocycles. The van der Waals surface area contributed by atoms with Crippen LogP contribution in [0.2, 0.25) is 0 Å². The van der Waals surface area contributed by atoms with Crippen molar-refractivity contribution in [2.24, 2.45) is 11.7 Å². The monoisotopic (exact) mass is 592 g/mol. The molecule has 0 bridgehead atoms. The third kappa shape index (κ3) is 11.6. The van der Waals surface area contributed by atoms with E-state index in [4.69, 9.17) is 22.1 Å². The number of carbonyl (C=O) groups excluding carboxylic acids is 6. The summed E-state index contributed by atoms with van der Waals surface area (Å²) in [5.74, 6) is -2.27. The first kappa shape index (κ1) is 33.2. The van der Waals surface area contributed by atoms with E-state index in [1.165, 1.54) is 12.2 Å². The molecule has 2 rings (SSSR count). The number of nitrogens with one attached hydrogen (secondary N) is 4. The maximum Gasteiger partial charge on any atom is 0.312 e. The Kier molecular flexibility index (Phi) is 13.8. The molecule has 0 aliphatic carbocycles. The largest absolute Gasteiger partial charge is 0.379 e. The number of halogens is 1. The van der Waals surface area contributed by atoms with Crippen LogP contribution in [0, 0.1) is 5.92 Å². The topological polar surface area (TPSA) is 189 Å². The summed E-state index contributed by atoms with van der Waals surface area (Å²) in [4.78, 5) is 73.9. The number of nitrogens with two attached hydrogens (primary N) is 1. The van der Waals surface area contributed by atoms with Crippen LogP contribution in [-0.4, -0.2) is 78.9 Å². The van der Waals surface area contributed by atoms with Gasteiger partial charge in [0, 0.05) is 36.7 Å². The van der Waals surface area contributed by atoms with Gasteiger partial charge in [-0.2, -0.15) is 0 Å². The number of benzene rings is 1. The predicted molar refractivity (Wildman–Crippen MR) is 151 cm³/mol. The van der Waals surface area contributed by atoms with Crippen molar-refractivity contribution in [3.05, 3.63) is 42.0 Å². The molecule has 0 saturated carbocycles. The van der Waals surface area contributed by atoms with E-state index in [1.807, 2.05) is 0 Å². The molecule has 224 valence electrons. The third-order valence-electron chi connectivity index (χ3n) is 6.08. The molecular weight excluding hydrogens is 556 g/mol. The van der Waals surface area contributed by atoms with Gasteiger partial charge in [0.25, 0.3) is 11.8 Å². The molecule has 0 fully saturated rings. The Morgan fingerprint density at radius 3 is 2.22 bits per heavy atom. The molecule has 1 aromatic carbocycles. The number of urea groups is 1. The minimum absolute atomic E-state index is 0.0162. The van der Waals surface area contributed by atoms with Crippen LogP contribution in [0.1, 0.15) is 38.7 Å². The van der Waals surface area contributed by atoms with Crippen molar-refractivity contribution >= 4 is 52.9 Å². The second kappa shape index (κ2) is 17.0. The number of rotatable bonds is 17. The van der Waals surface area contributed by atoms with Crippen LogP contribution >= 0.6 is 11.6 Å². The van der Waals surface area contributed by atoms with E-state index < -0.39 is 47.7 Å². The van der Waals surface area contributed by atoms with Gasteiger partial charge in [-0.3, -0.25) is 28.9 Å². The van der Waals surface area contributed by atoms with Crippen molar-refractivity contribution in [1.29, 1.82) is 0 Å². The van der Waals surface area contributed by atoms with Gasteiger partial charge in [0.15, 0.2) is 0 Å². The first-order valence-electron chi connectivity index (χ1n) is 13.2. The fourth-order valence-corrected chi connectivity index (χ4v) is 3.99. The van der Waals surface area contributed by atoms with Crippen LogP contribution in [0.3, 0.4) is 0 Å². The molecule has 0 unspecified atom stereocenters. The lowest BCUT2D eigenvalue weighted by Gasteiger charge is -2.25. The van der Waals surface area contributed by atoms with Crippen molar-refractivity contribution in [2.75, 3.05) is 31.6 Å². The summed E-state index contributed by atoms with van der Waals surface area (Å²) in [6.45, 7) is 3.87. The minimum Gasteiger partial charge on any atom is -0.379 e. The summed E-state index contributed by atoms with van der Waals surface area (Å²) in [5, 5.41) is 10.6. The minimum atomic E-state index is -0.961. The number of imide groups is 1. The van der Waals surface area contributed by atoms with Crippen molar-refractivity contribution in [3.8, 4) is 0 Å². The molecule has 41 heavy (non-hydrogen) atoms. The SMILES string of the molecule is CC(C)[C@H](NC(=O)CCOCCN1C(=O)C=CC1=O)C(=O)N[C@@H](CCCNC(N)=O)C(=O)Nc1ccc(CCl)cc1. The highest BCUT2D eigenvalue weighted by Gasteiger charge is 2.29. The van der Waals surface area contributed by atoms with Gasteiger partial charge in [0.1, 0.15) is 12.1 Å². The van der Waals surface area contributed by atoms with E-state index in [1.54, 1.807) is 38.1 Å². The van der Waals surface area contributed by atoms with Crippen LogP contribution in [0.25, 0.3) is 0 Å². The van der Waals surface area contributed by atoms with Gasteiger partial charge in [0.2, 0.25) is 17.7 Å². The molecular formula is C27H37ClN6O7. The van der Waals surface area contributed by atoms with Crippen molar-refractivity contribution in [1.82, 2.24) is 20.9 Å². The third-order valence-corrected chi connectivity index (χ3v) is 6.39. The number of primary amides is 1. The van der Waals surface area contributed by atoms with Gasteiger partial charge in [-0.25, -0.2) is 4.79 Å². The summed E-state index contributed by atoms with van der Waals surface area (Å²) in [6.07, 6.45) is 2.85. The van der Waals surface area contributed by atoms with E-state index in [2.05, 4.69) is 21.3 Å². The molecule has 1 aromatic rings. The van der Waals surface area contributed by atoms with Gasteiger partial charge in [0.05, 0.1) is 19.8 Å². The number of carbonyl (C=O) groups is 6. The normalized spacial score (nSPS) is 14.1. The second-order valence-electron chi connectivity index (χ2n) is 9.63. The molecule has 13 nitrogen and oxygen atoms in total. The lowest BCUT2D eigenvalue weighted by molar-refractivity contribution is -0.138. The molecule has 1 heterocycles. The van der Waals surface area contributed by atoms with E-state index >= 15 is 0 Å². The second-order valence-corrected chi connectivity index (χ2v) is 9.89. The fourth-order valence-electron chi connectivity index (χ4n) is 3.81. The summed E-state index contributed by atoms with van der Waals surface area (Å²) in [7, 11) is 0. The molecule has 1 aliphatic rings. The fraction of sp³-hybridized carbons (Fsp3) is 0.481. The zero-order valence-electron chi connectivity index (χ0n) is 23.1. The Bertz CT molecular complexity index is 1110.